The van der Waals surface area contributed by atoms with Crippen LogP contribution in [0, 0.1) is 0 Å². The molecular weight excluding hydrogens is 279 g/mol. The molecule has 0 bridgehead atoms. The fourth-order valence-corrected chi connectivity index (χ4v) is 3.25. The Morgan fingerprint density at radius 2 is 2.05 bits per heavy atom. The largest absolute Gasteiger partial charge is 0.459 e. The highest BCUT2D eigenvalue weighted by Crippen LogP contribution is 2.48. The molecule has 6 heteroatoms. The third-order valence-electron chi connectivity index (χ3n) is 3.29. The van der Waals surface area contributed by atoms with Gasteiger partial charge in [-0.05, 0) is 25.5 Å². The molecule has 0 aromatic heterocycles. The summed E-state index contributed by atoms with van der Waals surface area (Å²) < 4.78 is 22.6. The van der Waals surface area contributed by atoms with Crippen molar-refractivity contribution >= 4 is 13.1 Å². The molecule has 1 fully saturated rings. The van der Waals surface area contributed by atoms with Crippen LogP contribution in [0.4, 0.5) is 0 Å². The predicted molar refractivity (Wildman–Crippen MR) is 75.5 cm³/mol. The maximum absolute atomic E-state index is 11.9. The lowest BCUT2D eigenvalue weighted by Gasteiger charge is -2.17. The standard InChI is InChI=1S/C14H19O5P/c1-20(2,17)13-8-11(15)12(19-13)9-18-14(16)10-6-4-3-5-7-10/h3-7,11-13,15H,8-9H2,1-2H3/t11-,12+,13-/m0/s1. The first-order chi connectivity index (χ1) is 9.38. The van der Waals surface area contributed by atoms with Crippen molar-refractivity contribution in [3.8, 4) is 0 Å². The Bertz CT molecular complexity index is 510. The van der Waals surface area contributed by atoms with Crippen LogP contribution in [-0.2, 0) is 14.0 Å². The second-order valence-corrected chi connectivity index (χ2v) is 8.78. The van der Waals surface area contributed by atoms with Gasteiger partial charge in [-0.1, -0.05) is 18.2 Å². The van der Waals surface area contributed by atoms with Crippen LogP contribution in [-0.4, -0.2) is 49.1 Å². The third-order valence-corrected chi connectivity index (χ3v) is 5.01. The van der Waals surface area contributed by atoms with Crippen LogP contribution in [0.5, 0.6) is 0 Å². The van der Waals surface area contributed by atoms with Gasteiger partial charge in [0.15, 0.2) is 0 Å². The minimum atomic E-state index is -2.42. The average molecular weight is 298 g/mol. The number of hydrogen-bond donors (Lipinski definition) is 1. The number of carbonyl (C=O) groups excluding carboxylic acids is 1. The maximum Gasteiger partial charge on any atom is 0.338 e. The van der Waals surface area contributed by atoms with Crippen LogP contribution < -0.4 is 0 Å². The van der Waals surface area contributed by atoms with Gasteiger partial charge >= 0.3 is 5.97 Å². The molecule has 3 atom stereocenters. The van der Waals surface area contributed by atoms with Crippen LogP contribution in [0.25, 0.3) is 0 Å². The van der Waals surface area contributed by atoms with E-state index in [2.05, 4.69) is 0 Å². The van der Waals surface area contributed by atoms with E-state index in [1.54, 1.807) is 37.6 Å². The first-order valence-corrected chi connectivity index (χ1v) is 9.15. The Kier molecular flexibility index (Phi) is 4.63. The lowest BCUT2D eigenvalue weighted by atomic mass is 10.2. The Labute approximate surface area is 118 Å². The van der Waals surface area contributed by atoms with Gasteiger partial charge in [0.1, 0.15) is 25.7 Å². The first kappa shape index (κ1) is 15.2. The summed E-state index contributed by atoms with van der Waals surface area (Å²) in [5.74, 6) is -0.918. The van der Waals surface area contributed by atoms with Gasteiger partial charge in [-0.15, -0.1) is 0 Å². The summed E-state index contributed by atoms with van der Waals surface area (Å²) in [7, 11) is -2.42. The number of carbonyl (C=O) groups is 1. The highest BCUT2D eigenvalue weighted by molar-refractivity contribution is 7.62. The summed E-state index contributed by atoms with van der Waals surface area (Å²) in [6, 6.07) is 8.62. The zero-order chi connectivity index (χ0) is 14.8. The fourth-order valence-electron chi connectivity index (χ4n) is 2.07. The Balaban J connectivity index is 1.89. The molecule has 110 valence electrons. The molecule has 1 heterocycles. The van der Waals surface area contributed by atoms with E-state index in [-0.39, 0.29) is 6.61 Å². The number of rotatable bonds is 4. The van der Waals surface area contributed by atoms with Crippen LogP contribution in [0.3, 0.4) is 0 Å². The van der Waals surface area contributed by atoms with Gasteiger partial charge in [-0.3, -0.25) is 0 Å². The normalized spacial score (nSPS) is 26.4. The Morgan fingerprint density at radius 3 is 2.60 bits per heavy atom. The van der Waals surface area contributed by atoms with Gasteiger partial charge in [0.2, 0.25) is 0 Å². The zero-order valence-corrected chi connectivity index (χ0v) is 12.5. The molecule has 1 saturated heterocycles. The van der Waals surface area contributed by atoms with E-state index in [1.807, 2.05) is 6.07 Å². The van der Waals surface area contributed by atoms with Crippen LogP contribution in [0.15, 0.2) is 30.3 Å². The zero-order valence-electron chi connectivity index (χ0n) is 11.6. The number of ether oxygens (including phenoxy) is 2. The molecule has 1 aromatic rings. The third kappa shape index (κ3) is 3.69. The van der Waals surface area contributed by atoms with Gasteiger partial charge in [-0.25, -0.2) is 4.79 Å². The number of benzene rings is 1. The molecule has 0 aliphatic carbocycles. The molecule has 0 radical (unpaired) electrons. The summed E-state index contributed by atoms with van der Waals surface area (Å²) in [4.78, 5) is 11.8. The SMILES string of the molecule is CP(C)(=O)[C@H]1C[C@H](O)[C@@H](COC(=O)c2ccccc2)O1. The van der Waals surface area contributed by atoms with E-state index >= 15 is 0 Å². The molecule has 1 aliphatic heterocycles. The second-order valence-electron chi connectivity index (χ2n) is 5.33. The molecule has 20 heavy (non-hydrogen) atoms. The predicted octanol–water partition coefficient (Wildman–Crippen LogP) is 1.94. The molecule has 0 saturated carbocycles. The van der Waals surface area contributed by atoms with Crippen LogP contribution in [0.1, 0.15) is 16.8 Å². The second kappa shape index (κ2) is 6.08. The molecular formula is C14H19O5P. The van der Waals surface area contributed by atoms with E-state index in [0.717, 1.165) is 0 Å². The molecule has 1 aliphatic rings. The quantitative estimate of drug-likeness (QED) is 0.679. The number of hydrogen-bond acceptors (Lipinski definition) is 5. The highest BCUT2D eigenvalue weighted by Gasteiger charge is 2.40. The fraction of sp³-hybridized carbons (Fsp3) is 0.500. The van der Waals surface area contributed by atoms with Crippen molar-refractivity contribution in [3.05, 3.63) is 35.9 Å². The van der Waals surface area contributed by atoms with Crippen molar-refractivity contribution < 1.29 is 23.9 Å². The van der Waals surface area contributed by atoms with Crippen LogP contribution in [0.2, 0.25) is 0 Å². The van der Waals surface area contributed by atoms with Gasteiger partial charge < -0.3 is 19.1 Å². The van der Waals surface area contributed by atoms with Crippen molar-refractivity contribution in [1.82, 2.24) is 0 Å². The van der Waals surface area contributed by atoms with E-state index in [0.29, 0.717) is 12.0 Å². The molecule has 0 unspecified atom stereocenters. The average Bonchev–Trinajstić information content (AvgIpc) is 2.78. The van der Waals surface area contributed by atoms with Gasteiger partial charge in [-0.2, -0.15) is 0 Å². The molecule has 5 nitrogen and oxygen atoms in total. The Hall–Kier alpha value is -1.16. The van der Waals surface area contributed by atoms with Crippen molar-refractivity contribution in [2.75, 3.05) is 19.9 Å². The summed E-state index contributed by atoms with van der Waals surface area (Å²) in [6.07, 6.45) is -1.05. The number of esters is 1. The molecule has 0 amide bonds. The summed E-state index contributed by atoms with van der Waals surface area (Å²) in [5.41, 5.74) is 0.452. The van der Waals surface area contributed by atoms with E-state index in [9.17, 15) is 14.5 Å². The minimum Gasteiger partial charge on any atom is -0.459 e. The van der Waals surface area contributed by atoms with Crippen molar-refractivity contribution in [2.45, 2.75) is 24.5 Å². The molecule has 1 aromatic carbocycles. The van der Waals surface area contributed by atoms with Gasteiger partial charge in [0, 0.05) is 6.42 Å². The topological polar surface area (TPSA) is 72.8 Å². The van der Waals surface area contributed by atoms with Crippen molar-refractivity contribution in [1.29, 1.82) is 0 Å². The van der Waals surface area contributed by atoms with E-state index < -0.39 is 31.2 Å². The first-order valence-electron chi connectivity index (χ1n) is 6.48. The van der Waals surface area contributed by atoms with Gasteiger partial charge in [0.25, 0.3) is 0 Å². The number of aliphatic hydroxyl groups is 1. The highest BCUT2D eigenvalue weighted by atomic mass is 31.2. The molecule has 0 spiro atoms. The lowest BCUT2D eigenvalue weighted by Crippen LogP contribution is -2.28. The van der Waals surface area contributed by atoms with Crippen LogP contribution >= 0.6 is 7.14 Å². The van der Waals surface area contributed by atoms with E-state index in [1.165, 1.54) is 0 Å². The summed E-state index contributed by atoms with van der Waals surface area (Å²) in [6.45, 7) is 3.22. The smallest absolute Gasteiger partial charge is 0.338 e. The number of aliphatic hydroxyl groups excluding tert-OH is 1. The summed E-state index contributed by atoms with van der Waals surface area (Å²) >= 11 is 0. The van der Waals surface area contributed by atoms with Crippen molar-refractivity contribution in [3.63, 3.8) is 0 Å². The minimum absolute atomic E-state index is 0.0363. The van der Waals surface area contributed by atoms with Crippen molar-refractivity contribution in [2.24, 2.45) is 0 Å². The van der Waals surface area contributed by atoms with Gasteiger partial charge in [0.05, 0.1) is 11.7 Å². The maximum atomic E-state index is 11.9. The molecule has 1 N–H and O–H groups in total. The monoisotopic (exact) mass is 298 g/mol. The van der Waals surface area contributed by atoms with E-state index in [4.69, 9.17) is 9.47 Å². The lowest BCUT2D eigenvalue weighted by molar-refractivity contribution is -0.0204. The Morgan fingerprint density at radius 1 is 1.40 bits per heavy atom. The molecule has 2 rings (SSSR count). The summed E-state index contributed by atoms with van der Waals surface area (Å²) in [5, 5.41) is 9.87.